The maximum Gasteiger partial charge on any atom is 0.235 e. The first kappa shape index (κ1) is 14.1. The second-order valence-corrected chi connectivity index (χ2v) is 8.30. The molecule has 1 heterocycles. The molecule has 0 radical (unpaired) electrons. The molecule has 1 atom stereocenters. The Morgan fingerprint density at radius 1 is 1.50 bits per heavy atom. The van der Waals surface area contributed by atoms with E-state index in [2.05, 4.69) is 31.1 Å². The first-order valence-electron chi connectivity index (χ1n) is 5.71. The third kappa shape index (κ3) is 2.38. The van der Waals surface area contributed by atoms with Crippen LogP contribution < -0.4 is 5.32 Å². The number of nitrogens with one attached hydrogen (secondary N) is 1. The lowest BCUT2D eigenvalue weighted by Crippen LogP contribution is -2.26. The zero-order valence-corrected chi connectivity index (χ0v) is 13.1. The van der Waals surface area contributed by atoms with Gasteiger partial charge in [-0.3, -0.25) is 4.79 Å². The molecular formula is C12H16Cl2N2OS. The van der Waals surface area contributed by atoms with E-state index in [4.69, 9.17) is 23.2 Å². The number of carbonyl (C=O) groups excluding carboxylic acids is 1. The molecule has 2 rings (SSSR count). The van der Waals surface area contributed by atoms with Crippen LogP contribution in [0.4, 0.5) is 5.13 Å². The van der Waals surface area contributed by atoms with Gasteiger partial charge in [0.25, 0.3) is 0 Å². The van der Waals surface area contributed by atoms with Crippen molar-refractivity contribution in [2.45, 2.75) is 43.9 Å². The van der Waals surface area contributed by atoms with Crippen molar-refractivity contribution < 1.29 is 4.79 Å². The predicted octanol–water partition coefficient (Wildman–Crippen LogP) is 3.96. The van der Waals surface area contributed by atoms with Crippen LogP contribution in [-0.2, 0) is 10.2 Å². The van der Waals surface area contributed by atoms with Crippen molar-refractivity contribution >= 4 is 45.6 Å². The molecule has 1 aromatic rings. The fraction of sp³-hybridized carbons (Fsp3) is 0.667. The number of thiazole rings is 1. The van der Waals surface area contributed by atoms with Crippen LogP contribution in [0.5, 0.6) is 0 Å². The standard InChI is InChI=1S/C12H16Cl2N2OS/c1-10(2,3)7-5-18-9(15-7)16-8(17)11(4)6-12(11,13)14/h5H,6H2,1-4H3,(H,15,16,17)/t11-/m1/s1. The number of hydrogen-bond acceptors (Lipinski definition) is 3. The molecule has 0 unspecified atom stereocenters. The summed E-state index contributed by atoms with van der Waals surface area (Å²) in [5.74, 6) is -0.165. The molecule has 1 saturated carbocycles. The van der Waals surface area contributed by atoms with Crippen molar-refractivity contribution in [3.63, 3.8) is 0 Å². The smallest absolute Gasteiger partial charge is 0.235 e. The molecule has 100 valence electrons. The minimum absolute atomic E-state index is 0.0221. The fourth-order valence-electron chi connectivity index (χ4n) is 1.56. The number of carbonyl (C=O) groups is 1. The van der Waals surface area contributed by atoms with Gasteiger partial charge in [0.05, 0.1) is 11.1 Å². The summed E-state index contributed by atoms with van der Waals surface area (Å²) in [6, 6.07) is 0. The molecule has 1 fully saturated rings. The Hall–Kier alpha value is -0.320. The summed E-state index contributed by atoms with van der Waals surface area (Å²) in [5.41, 5.74) is 0.238. The van der Waals surface area contributed by atoms with Crippen LogP contribution in [0.1, 0.15) is 39.8 Å². The van der Waals surface area contributed by atoms with Gasteiger partial charge in [0.2, 0.25) is 5.91 Å². The molecule has 1 aliphatic rings. The summed E-state index contributed by atoms with van der Waals surface area (Å²) >= 11 is 13.4. The number of halogens is 2. The van der Waals surface area contributed by atoms with Gasteiger partial charge < -0.3 is 5.32 Å². The van der Waals surface area contributed by atoms with Gasteiger partial charge in [-0.05, 0) is 13.3 Å². The molecule has 0 aromatic carbocycles. The third-order valence-corrected chi connectivity index (χ3v) is 5.11. The minimum atomic E-state index is -0.943. The maximum atomic E-state index is 12.1. The zero-order chi connectivity index (χ0) is 13.8. The van der Waals surface area contributed by atoms with E-state index < -0.39 is 9.75 Å². The highest BCUT2D eigenvalue weighted by Crippen LogP contribution is 2.64. The summed E-state index contributed by atoms with van der Waals surface area (Å²) in [5, 5.41) is 5.35. The SMILES string of the molecule is CC(C)(C)c1csc(NC(=O)[C@@]2(C)CC2(Cl)Cl)n1. The Bertz CT molecular complexity index is 493. The summed E-state index contributed by atoms with van der Waals surface area (Å²) in [7, 11) is 0. The van der Waals surface area contributed by atoms with Gasteiger partial charge in [-0.2, -0.15) is 0 Å². The lowest BCUT2D eigenvalue weighted by molar-refractivity contribution is -0.120. The fourth-order valence-corrected chi connectivity index (χ4v) is 3.20. The van der Waals surface area contributed by atoms with Gasteiger partial charge in [-0.15, -0.1) is 34.5 Å². The summed E-state index contributed by atoms with van der Waals surface area (Å²) < 4.78 is -0.943. The van der Waals surface area contributed by atoms with E-state index in [1.165, 1.54) is 11.3 Å². The minimum Gasteiger partial charge on any atom is -0.301 e. The highest BCUT2D eigenvalue weighted by Gasteiger charge is 2.68. The molecule has 3 nitrogen and oxygen atoms in total. The second-order valence-electron chi connectivity index (χ2n) is 5.96. The van der Waals surface area contributed by atoms with E-state index in [0.29, 0.717) is 11.6 Å². The van der Waals surface area contributed by atoms with Crippen LogP contribution in [0.15, 0.2) is 5.38 Å². The average molecular weight is 307 g/mol. The van der Waals surface area contributed by atoms with Crippen LogP contribution in [0, 0.1) is 5.41 Å². The average Bonchev–Trinajstić information content (AvgIpc) is 2.62. The Morgan fingerprint density at radius 2 is 2.06 bits per heavy atom. The van der Waals surface area contributed by atoms with Crippen molar-refractivity contribution in [1.29, 1.82) is 0 Å². The molecule has 0 spiro atoms. The Morgan fingerprint density at radius 3 is 2.44 bits per heavy atom. The summed E-state index contributed by atoms with van der Waals surface area (Å²) in [4.78, 5) is 16.5. The van der Waals surface area contributed by atoms with Gasteiger partial charge in [0.1, 0.15) is 4.33 Å². The molecule has 0 saturated heterocycles. The van der Waals surface area contributed by atoms with E-state index in [0.717, 1.165) is 5.69 Å². The number of anilines is 1. The normalized spacial score (nSPS) is 25.9. The number of nitrogens with zero attached hydrogens (tertiary/aromatic N) is 1. The van der Waals surface area contributed by atoms with Crippen molar-refractivity contribution in [1.82, 2.24) is 4.98 Å². The largest absolute Gasteiger partial charge is 0.301 e. The molecule has 0 aliphatic heterocycles. The van der Waals surface area contributed by atoms with E-state index >= 15 is 0 Å². The zero-order valence-electron chi connectivity index (χ0n) is 10.8. The number of alkyl halides is 2. The summed E-state index contributed by atoms with van der Waals surface area (Å²) in [6.07, 6.45) is 0.479. The van der Waals surface area contributed by atoms with Crippen LogP contribution in [0.3, 0.4) is 0 Å². The lowest BCUT2D eigenvalue weighted by Gasteiger charge is -2.14. The molecular weight excluding hydrogens is 291 g/mol. The summed E-state index contributed by atoms with van der Waals surface area (Å²) in [6.45, 7) is 8.01. The first-order chi connectivity index (χ1) is 8.06. The molecule has 6 heteroatoms. The first-order valence-corrected chi connectivity index (χ1v) is 7.35. The molecule has 1 N–H and O–H groups in total. The van der Waals surface area contributed by atoms with Crippen LogP contribution in [0.2, 0.25) is 0 Å². The third-order valence-electron chi connectivity index (χ3n) is 3.25. The lowest BCUT2D eigenvalue weighted by atomic mass is 9.93. The van der Waals surface area contributed by atoms with Crippen molar-refractivity contribution in [3.8, 4) is 0 Å². The Balaban J connectivity index is 2.08. The number of rotatable bonds is 2. The monoisotopic (exact) mass is 306 g/mol. The highest BCUT2D eigenvalue weighted by molar-refractivity contribution is 7.14. The van der Waals surface area contributed by atoms with E-state index in [1.54, 1.807) is 6.92 Å². The molecule has 1 amide bonds. The van der Waals surface area contributed by atoms with Gasteiger partial charge in [0, 0.05) is 10.8 Å². The van der Waals surface area contributed by atoms with E-state index in [1.807, 2.05) is 5.38 Å². The highest BCUT2D eigenvalue weighted by atomic mass is 35.5. The Labute approximate surface area is 121 Å². The van der Waals surface area contributed by atoms with Gasteiger partial charge in [-0.25, -0.2) is 4.98 Å². The van der Waals surface area contributed by atoms with Crippen molar-refractivity contribution in [3.05, 3.63) is 11.1 Å². The quantitative estimate of drug-likeness (QED) is 0.840. The maximum absolute atomic E-state index is 12.1. The topological polar surface area (TPSA) is 42.0 Å². The number of amides is 1. The van der Waals surface area contributed by atoms with Gasteiger partial charge in [0.15, 0.2) is 5.13 Å². The Kier molecular flexibility index (Phi) is 3.20. The van der Waals surface area contributed by atoms with E-state index in [9.17, 15) is 4.79 Å². The molecule has 0 bridgehead atoms. The van der Waals surface area contributed by atoms with E-state index in [-0.39, 0.29) is 11.3 Å². The second kappa shape index (κ2) is 4.09. The van der Waals surface area contributed by atoms with Gasteiger partial charge >= 0.3 is 0 Å². The van der Waals surface area contributed by atoms with Crippen molar-refractivity contribution in [2.24, 2.45) is 5.41 Å². The van der Waals surface area contributed by atoms with Crippen LogP contribution >= 0.6 is 34.5 Å². The van der Waals surface area contributed by atoms with Crippen LogP contribution in [0.25, 0.3) is 0 Å². The predicted molar refractivity (Wildman–Crippen MR) is 76.6 cm³/mol. The number of aromatic nitrogens is 1. The van der Waals surface area contributed by atoms with Crippen LogP contribution in [-0.4, -0.2) is 15.2 Å². The number of hydrogen-bond donors (Lipinski definition) is 1. The van der Waals surface area contributed by atoms with Crippen molar-refractivity contribution in [2.75, 3.05) is 5.32 Å². The molecule has 1 aromatic heterocycles. The van der Waals surface area contributed by atoms with Gasteiger partial charge in [-0.1, -0.05) is 20.8 Å². The molecule has 18 heavy (non-hydrogen) atoms. The molecule has 1 aliphatic carbocycles.